The second kappa shape index (κ2) is 9.63. The number of hydrogen-bond donors (Lipinski definition) is 0. The van der Waals surface area contributed by atoms with Gasteiger partial charge in [0.15, 0.2) is 5.75 Å². The van der Waals surface area contributed by atoms with Gasteiger partial charge in [0, 0.05) is 0 Å². The fourth-order valence-electron chi connectivity index (χ4n) is 3.06. The molecule has 1 aromatic heterocycles. The van der Waals surface area contributed by atoms with Crippen LogP contribution in [0.2, 0.25) is 5.02 Å². The predicted molar refractivity (Wildman–Crippen MR) is 121 cm³/mol. The van der Waals surface area contributed by atoms with Crippen LogP contribution in [-0.4, -0.2) is 37.9 Å². The van der Waals surface area contributed by atoms with Crippen LogP contribution in [0.5, 0.6) is 11.5 Å². The Bertz CT molecular complexity index is 1380. The predicted octanol–water partition coefficient (Wildman–Crippen LogP) is 3.46. The first-order valence-corrected chi connectivity index (χ1v) is 11.5. The number of esters is 1. The maximum absolute atomic E-state index is 13.1. The molecule has 0 saturated carbocycles. The van der Waals surface area contributed by atoms with Crippen molar-refractivity contribution in [3.63, 3.8) is 0 Å². The van der Waals surface area contributed by atoms with Crippen molar-refractivity contribution >= 4 is 27.7 Å². The van der Waals surface area contributed by atoms with E-state index in [0.29, 0.717) is 16.9 Å². The van der Waals surface area contributed by atoms with Crippen LogP contribution in [0.3, 0.4) is 0 Å². The molecule has 0 radical (unpaired) electrons. The maximum Gasteiger partial charge on any atom is 0.362 e. The fraction of sp³-hybridized carbons (Fsp3) is 0.227. The number of benzene rings is 2. The number of para-hydroxylation sites is 1. The molecule has 0 atom stereocenters. The van der Waals surface area contributed by atoms with Crippen LogP contribution in [0.25, 0.3) is 5.69 Å². The molecule has 3 aromatic rings. The highest BCUT2D eigenvalue weighted by atomic mass is 35.5. The van der Waals surface area contributed by atoms with Crippen LogP contribution in [0.1, 0.15) is 28.5 Å². The first-order chi connectivity index (χ1) is 15.6. The first-order valence-electron chi connectivity index (χ1n) is 9.75. The summed E-state index contributed by atoms with van der Waals surface area (Å²) in [6.07, 6.45) is 0. The summed E-state index contributed by atoms with van der Waals surface area (Å²) in [4.78, 5) is 25.2. The largest absolute Gasteiger partial charge is 0.496 e. The molecule has 0 aliphatic carbocycles. The number of aromatic nitrogens is 2. The first kappa shape index (κ1) is 24.3. The maximum atomic E-state index is 13.1. The molecule has 0 amide bonds. The van der Waals surface area contributed by atoms with Gasteiger partial charge in [-0.3, -0.25) is 4.79 Å². The molecule has 33 heavy (non-hydrogen) atoms. The quantitative estimate of drug-likeness (QED) is 0.364. The standard InChI is InChI=1S/C22H21ClN2O7S/c1-5-31-22(27)21-18(12-20(26)25(24-21)16-9-7-6-8-15(16)23)32-33(28,29)19-11-13(2)17(30-4)10-14(19)3/h6-12H,5H2,1-4H3. The summed E-state index contributed by atoms with van der Waals surface area (Å²) in [6, 6.07) is 10.1. The summed E-state index contributed by atoms with van der Waals surface area (Å²) >= 11 is 6.15. The van der Waals surface area contributed by atoms with Gasteiger partial charge in [-0.2, -0.15) is 18.2 Å². The molecule has 2 aromatic carbocycles. The van der Waals surface area contributed by atoms with Crippen molar-refractivity contribution < 1.29 is 26.9 Å². The zero-order valence-corrected chi connectivity index (χ0v) is 19.9. The van der Waals surface area contributed by atoms with Crippen molar-refractivity contribution in [1.82, 2.24) is 9.78 Å². The van der Waals surface area contributed by atoms with Gasteiger partial charge >= 0.3 is 16.1 Å². The summed E-state index contributed by atoms with van der Waals surface area (Å²) < 4.78 is 42.4. The van der Waals surface area contributed by atoms with Gasteiger partial charge in [-0.05, 0) is 56.2 Å². The van der Waals surface area contributed by atoms with Gasteiger partial charge in [0.25, 0.3) is 5.56 Å². The van der Waals surface area contributed by atoms with E-state index in [1.807, 2.05) is 0 Å². The van der Waals surface area contributed by atoms with Gasteiger partial charge in [-0.1, -0.05) is 23.7 Å². The third kappa shape index (κ3) is 5.01. The third-order valence-electron chi connectivity index (χ3n) is 4.61. The topological polar surface area (TPSA) is 114 Å². The minimum atomic E-state index is -4.44. The van der Waals surface area contributed by atoms with Gasteiger partial charge in [-0.25, -0.2) is 4.79 Å². The highest BCUT2D eigenvalue weighted by Gasteiger charge is 2.27. The van der Waals surface area contributed by atoms with E-state index in [0.717, 1.165) is 10.7 Å². The molecule has 3 rings (SSSR count). The Labute approximate surface area is 195 Å². The summed E-state index contributed by atoms with van der Waals surface area (Å²) in [5.74, 6) is -1.02. The van der Waals surface area contributed by atoms with E-state index in [1.54, 1.807) is 45.0 Å². The molecule has 0 saturated heterocycles. The van der Waals surface area contributed by atoms with Gasteiger partial charge < -0.3 is 13.7 Å². The second-order valence-electron chi connectivity index (χ2n) is 6.90. The summed E-state index contributed by atoms with van der Waals surface area (Å²) in [7, 11) is -2.97. The average molecular weight is 493 g/mol. The second-order valence-corrected chi connectivity index (χ2v) is 8.83. The number of hydrogen-bond acceptors (Lipinski definition) is 8. The molecule has 0 aliphatic rings. The minimum absolute atomic E-state index is 0.00525. The van der Waals surface area contributed by atoms with Crippen molar-refractivity contribution in [1.29, 1.82) is 0 Å². The van der Waals surface area contributed by atoms with Crippen LogP contribution in [-0.2, 0) is 14.9 Å². The SMILES string of the molecule is CCOC(=O)c1nn(-c2ccccc2Cl)c(=O)cc1OS(=O)(=O)c1cc(C)c(OC)cc1C. The van der Waals surface area contributed by atoms with Crippen molar-refractivity contribution in [2.75, 3.05) is 13.7 Å². The van der Waals surface area contributed by atoms with Gasteiger partial charge in [-0.15, -0.1) is 0 Å². The number of carbonyl (C=O) groups excluding carboxylic acids is 1. The number of nitrogens with zero attached hydrogens (tertiary/aromatic N) is 2. The normalized spacial score (nSPS) is 11.2. The number of aryl methyl sites for hydroxylation is 2. The molecule has 0 aliphatic heterocycles. The summed E-state index contributed by atoms with van der Waals surface area (Å²) in [5.41, 5.74) is -0.145. The Balaban J connectivity index is 2.15. The van der Waals surface area contributed by atoms with E-state index in [9.17, 15) is 18.0 Å². The Morgan fingerprint density at radius 2 is 1.79 bits per heavy atom. The summed E-state index contributed by atoms with van der Waals surface area (Å²) in [5, 5.41) is 4.20. The smallest absolute Gasteiger partial charge is 0.362 e. The molecule has 1 heterocycles. The van der Waals surface area contributed by atoms with Crippen LogP contribution in [0, 0.1) is 13.8 Å². The molecule has 0 bridgehead atoms. The molecular weight excluding hydrogens is 472 g/mol. The van der Waals surface area contributed by atoms with E-state index in [2.05, 4.69) is 5.10 Å². The average Bonchev–Trinajstić information content (AvgIpc) is 2.75. The Morgan fingerprint density at radius 3 is 2.42 bits per heavy atom. The van der Waals surface area contributed by atoms with E-state index >= 15 is 0 Å². The highest BCUT2D eigenvalue weighted by Crippen LogP contribution is 2.29. The number of carbonyl (C=O) groups is 1. The van der Waals surface area contributed by atoms with Crippen molar-refractivity contribution in [3.05, 3.63) is 74.7 Å². The van der Waals surface area contributed by atoms with Gasteiger partial charge in [0.1, 0.15) is 10.6 Å². The lowest BCUT2D eigenvalue weighted by molar-refractivity contribution is 0.0515. The van der Waals surface area contributed by atoms with E-state index < -0.39 is 33.1 Å². The Kier molecular flexibility index (Phi) is 7.09. The molecule has 9 nitrogen and oxygen atoms in total. The lowest BCUT2D eigenvalue weighted by atomic mass is 10.1. The molecule has 0 unspecified atom stereocenters. The molecule has 174 valence electrons. The Hall–Kier alpha value is -3.37. The monoisotopic (exact) mass is 492 g/mol. The zero-order valence-electron chi connectivity index (χ0n) is 18.3. The molecule has 0 fully saturated rings. The fourth-order valence-corrected chi connectivity index (χ4v) is 4.50. The third-order valence-corrected chi connectivity index (χ3v) is 6.30. The van der Waals surface area contributed by atoms with Crippen LogP contribution < -0.4 is 14.5 Å². The summed E-state index contributed by atoms with van der Waals surface area (Å²) in [6.45, 7) is 4.81. The molecular formula is C22H21ClN2O7S. The highest BCUT2D eigenvalue weighted by molar-refractivity contribution is 7.87. The van der Waals surface area contributed by atoms with Crippen molar-refractivity contribution in [3.8, 4) is 17.2 Å². The van der Waals surface area contributed by atoms with Crippen molar-refractivity contribution in [2.24, 2.45) is 0 Å². The molecule has 11 heteroatoms. The van der Waals surface area contributed by atoms with Gasteiger partial charge in [0.05, 0.1) is 30.5 Å². The zero-order chi connectivity index (χ0) is 24.3. The number of methoxy groups -OCH3 is 1. The minimum Gasteiger partial charge on any atom is -0.496 e. The van der Waals surface area contributed by atoms with E-state index in [1.165, 1.54) is 19.2 Å². The van der Waals surface area contributed by atoms with Crippen LogP contribution >= 0.6 is 11.6 Å². The lowest BCUT2D eigenvalue weighted by Gasteiger charge is -2.15. The number of halogens is 1. The van der Waals surface area contributed by atoms with Crippen LogP contribution in [0.4, 0.5) is 0 Å². The van der Waals surface area contributed by atoms with E-state index in [-0.39, 0.29) is 22.2 Å². The lowest BCUT2D eigenvalue weighted by Crippen LogP contribution is -2.26. The molecule has 0 N–H and O–H groups in total. The van der Waals surface area contributed by atoms with E-state index in [4.69, 9.17) is 25.3 Å². The Morgan fingerprint density at radius 1 is 1.09 bits per heavy atom. The van der Waals surface area contributed by atoms with Crippen LogP contribution in [0.15, 0.2) is 52.2 Å². The van der Waals surface area contributed by atoms with Gasteiger partial charge in [0.2, 0.25) is 5.69 Å². The van der Waals surface area contributed by atoms with Crippen molar-refractivity contribution in [2.45, 2.75) is 25.7 Å². The number of ether oxygens (including phenoxy) is 2. The number of rotatable bonds is 7. The molecule has 0 spiro atoms.